The van der Waals surface area contributed by atoms with Crippen LogP contribution in [0, 0.1) is 6.92 Å². The first kappa shape index (κ1) is 20.9. The van der Waals surface area contributed by atoms with E-state index in [1.807, 2.05) is 61.5 Å². The highest BCUT2D eigenvalue weighted by molar-refractivity contribution is 5.85. The first-order valence-electron chi connectivity index (χ1n) is 9.61. The van der Waals surface area contributed by atoms with Crippen molar-refractivity contribution >= 4 is 11.8 Å². The highest BCUT2D eigenvalue weighted by Gasteiger charge is 2.15. The zero-order chi connectivity index (χ0) is 21.3. The van der Waals surface area contributed by atoms with E-state index in [9.17, 15) is 9.59 Å². The molecule has 0 aromatic heterocycles. The van der Waals surface area contributed by atoms with E-state index in [4.69, 9.17) is 9.47 Å². The van der Waals surface area contributed by atoms with Crippen molar-refractivity contribution in [3.05, 3.63) is 84.4 Å². The van der Waals surface area contributed by atoms with Gasteiger partial charge >= 0.3 is 0 Å². The predicted octanol–water partition coefficient (Wildman–Crippen LogP) is 3.66. The Morgan fingerprint density at radius 3 is 2.07 bits per heavy atom. The van der Waals surface area contributed by atoms with Crippen LogP contribution < -0.4 is 20.3 Å². The fraction of sp³-hybridized carbons (Fsp3) is 0.167. The van der Waals surface area contributed by atoms with Crippen LogP contribution in [-0.2, 0) is 9.59 Å². The molecule has 3 rings (SSSR count). The first-order chi connectivity index (χ1) is 14.5. The predicted molar refractivity (Wildman–Crippen MR) is 115 cm³/mol. The Balaban J connectivity index is 1.41. The van der Waals surface area contributed by atoms with E-state index in [0.29, 0.717) is 11.5 Å². The van der Waals surface area contributed by atoms with Crippen LogP contribution >= 0.6 is 0 Å². The summed E-state index contributed by atoms with van der Waals surface area (Å²) < 4.78 is 11.0. The van der Waals surface area contributed by atoms with Gasteiger partial charge in [-0.2, -0.15) is 0 Å². The van der Waals surface area contributed by atoms with E-state index < -0.39 is 17.9 Å². The minimum Gasteiger partial charge on any atom is -0.484 e. The average molecular weight is 404 g/mol. The molecular weight excluding hydrogens is 380 g/mol. The molecule has 0 saturated heterocycles. The Morgan fingerprint density at radius 1 is 0.800 bits per heavy atom. The van der Waals surface area contributed by atoms with Crippen molar-refractivity contribution in [2.24, 2.45) is 0 Å². The number of hydrogen-bond donors (Lipinski definition) is 2. The molecule has 1 unspecified atom stereocenters. The summed E-state index contributed by atoms with van der Waals surface area (Å²) in [5.74, 6) is 0.207. The number of nitrogens with one attached hydrogen (secondary N) is 2. The van der Waals surface area contributed by atoms with Gasteiger partial charge in [0.15, 0.2) is 12.7 Å². The second-order valence-electron chi connectivity index (χ2n) is 6.79. The number of hydrazine groups is 1. The molecule has 3 aromatic carbocycles. The molecule has 0 aliphatic heterocycles. The van der Waals surface area contributed by atoms with Crippen molar-refractivity contribution in [2.45, 2.75) is 20.0 Å². The number of carbonyl (C=O) groups is 2. The smallest absolute Gasteiger partial charge is 0.279 e. The van der Waals surface area contributed by atoms with Crippen molar-refractivity contribution in [2.75, 3.05) is 6.61 Å². The molecule has 6 nitrogen and oxygen atoms in total. The van der Waals surface area contributed by atoms with Gasteiger partial charge in [-0.05, 0) is 49.2 Å². The molecule has 0 aliphatic carbocycles. The van der Waals surface area contributed by atoms with Gasteiger partial charge in [-0.15, -0.1) is 0 Å². The third-order valence-corrected chi connectivity index (χ3v) is 4.36. The third kappa shape index (κ3) is 6.10. The molecule has 0 fully saturated rings. The normalized spacial score (nSPS) is 11.3. The van der Waals surface area contributed by atoms with Gasteiger partial charge in [0, 0.05) is 0 Å². The van der Waals surface area contributed by atoms with Crippen molar-refractivity contribution in [3.8, 4) is 22.6 Å². The summed E-state index contributed by atoms with van der Waals surface area (Å²) in [6.07, 6.45) is -0.764. The molecule has 3 aromatic rings. The van der Waals surface area contributed by atoms with E-state index in [0.717, 1.165) is 16.7 Å². The zero-order valence-corrected chi connectivity index (χ0v) is 16.9. The van der Waals surface area contributed by atoms with Gasteiger partial charge < -0.3 is 9.47 Å². The Morgan fingerprint density at radius 2 is 1.40 bits per heavy atom. The molecule has 1 atom stereocenters. The quantitative estimate of drug-likeness (QED) is 0.590. The highest BCUT2D eigenvalue weighted by atomic mass is 16.5. The minimum absolute atomic E-state index is 0.224. The standard InChI is InChI=1S/C24H24N2O4/c1-17-8-12-22(13-9-17)30-18(2)24(28)26-25-23(27)16-29-21-14-10-20(11-15-21)19-6-4-3-5-7-19/h3-15,18H,16H2,1-2H3,(H,25,27)(H,26,28). The van der Waals surface area contributed by atoms with Crippen molar-refractivity contribution in [1.82, 2.24) is 10.9 Å². The Hall–Kier alpha value is -3.80. The van der Waals surface area contributed by atoms with Crippen LogP contribution in [0.1, 0.15) is 12.5 Å². The largest absolute Gasteiger partial charge is 0.484 e. The Bertz CT molecular complexity index is 970. The molecule has 0 heterocycles. The van der Waals surface area contributed by atoms with Crippen molar-refractivity contribution in [1.29, 1.82) is 0 Å². The maximum atomic E-state index is 12.1. The summed E-state index contributed by atoms with van der Waals surface area (Å²) in [5.41, 5.74) is 7.92. The molecule has 2 N–H and O–H groups in total. The van der Waals surface area contributed by atoms with Gasteiger partial charge in [0.2, 0.25) is 0 Å². The van der Waals surface area contributed by atoms with Crippen LogP contribution in [0.5, 0.6) is 11.5 Å². The number of hydrogen-bond acceptors (Lipinski definition) is 4. The molecule has 2 amide bonds. The maximum absolute atomic E-state index is 12.1. The van der Waals surface area contributed by atoms with E-state index in [1.165, 1.54) is 0 Å². The lowest BCUT2D eigenvalue weighted by atomic mass is 10.1. The summed E-state index contributed by atoms with van der Waals surface area (Å²) in [6.45, 7) is 3.35. The third-order valence-electron chi connectivity index (χ3n) is 4.36. The summed E-state index contributed by atoms with van der Waals surface area (Å²) in [4.78, 5) is 24.0. The molecule has 30 heavy (non-hydrogen) atoms. The van der Waals surface area contributed by atoms with Crippen LogP contribution in [0.3, 0.4) is 0 Å². The van der Waals surface area contributed by atoms with Crippen LogP contribution in [0.4, 0.5) is 0 Å². The molecule has 0 radical (unpaired) electrons. The Labute approximate surface area is 175 Å². The zero-order valence-electron chi connectivity index (χ0n) is 16.9. The lowest BCUT2D eigenvalue weighted by Gasteiger charge is -2.15. The van der Waals surface area contributed by atoms with Gasteiger partial charge in [0.1, 0.15) is 11.5 Å². The maximum Gasteiger partial charge on any atom is 0.279 e. The monoisotopic (exact) mass is 404 g/mol. The molecule has 6 heteroatoms. The van der Waals surface area contributed by atoms with Crippen LogP contribution in [0.25, 0.3) is 11.1 Å². The summed E-state index contributed by atoms with van der Waals surface area (Å²) in [5, 5.41) is 0. The van der Waals surface area contributed by atoms with E-state index in [2.05, 4.69) is 10.9 Å². The van der Waals surface area contributed by atoms with Crippen LogP contribution in [0.15, 0.2) is 78.9 Å². The van der Waals surface area contributed by atoms with Gasteiger partial charge in [-0.25, -0.2) is 0 Å². The lowest BCUT2D eigenvalue weighted by molar-refractivity contribution is -0.133. The van der Waals surface area contributed by atoms with Gasteiger partial charge in [0.25, 0.3) is 11.8 Å². The minimum atomic E-state index is -0.764. The number of carbonyl (C=O) groups excluding carboxylic acids is 2. The van der Waals surface area contributed by atoms with E-state index in [1.54, 1.807) is 31.2 Å². The topological polar surface area (TPSA) is 76.7 Å². The number of aryl methyl sites for hydroxylation is 1. The molecule has 0 aliphatic rings. The van der Waals surface area contributed by atoms with E-state index >= 15 is 0 Å². The second-order valence-corrected chi connectivity index (χ2v) is 6.79. The summed E-state index contributed by atoms with van der Waals surface area (Å²) >= 11 is 0. The molecule has 0 spiro atoms. The van der Waals surface area contributed by atoms with Gasteiger partial charge in [-0.1, -0.05) is 60.2 Å². The summed E-state index contributed by atoms with van der Waals surface area (Å²) in [7, 11) is 0. The highest BCUT2D eigenvalue weighted by Crippen LogP contribution is 2.22. The SMILES string of the molecule is Cc1ccc(OC(C)C(=O)NNC(=O)COc2ccc(-c3ccccc3)cc2)cc1. The van der Waals surface area contributed by atoms with Crippen molar-refractivity contribution in [3.63, 3.8) is 0 Å². The second kappa shape index (κ2) is 10.1. The lowest BCUT2D eigenvalue weighted by Crippen LogP contribution is -2.48. The van der Waals surface area contributed by atoms with Crippen LogP contribution in [0.2, 0.25) is 0 Å². The van der Waals surface area contributed by atoms with Gasteiger partial charge in [-0.3, -0.25) is 20.4 Å². The average Bonchev–Trinajstić information content (AvgIpc) is 2.78. The summed E-state index contributed by atoms with van der Waals surface area (Å²) in [6, 6.07) is 24.8. The fourth-order valence-electron chi connectivity index (χ4n) is 2.67. The van der Waals surface area contributed by atoms with Gasteiger partial charge in [0.05, 0.1) is 0 Å². The molecule has 0 saturated carbocycles. The molecule has 154 valence electrons. The molecular formula is C24H24N2O4. The Kier molecular flexibility index (Phi) is 7.05. The fourth-order valence-corrected chi connectivity index (χ4v) is 2.67. The van der Waals surface area contributed by atoms with Crippen LogP contribution in [-0.4, -0.2) is 24.5 Å². The van der Waals surface area contributed by atoms with E-state index in [-0.39, 0.29) is 6.61 Å². The number of amides is 2. The van der Waals surface area contributed by atoms with Crippen molar-refractivity contribution < 1.29 is 19.1 Å². The number of rotatable bonds is 7. The first-order valence-corrected chi connectivity index (χ1v) is 9.61. The molecule has 0 bridgehead atoms. The number of ether oxygens (including phenoxy) is 2. The number of benzene rings is 3.